The first-order valence-electron chi connectivity index (χ1n) is 16.1. The first kappa shape index (κ1) is 74.6. The Hall–Kier alpha value is 2.30. The fraction of sp³-hybridized carbons (Fsp3) is 0.688. The van der Waals surface area contributed by atoms with E-state index in [-0.39, 0.29) is 47.2 Å². The van der Waals surface area contributed by atoms with Gasteiger partial charge in [-0.1, -0.05) is 211 Å². The molecule has 0 aliphatic carbocycles. The van der Waals surface area contributed by atoms with Gasteiger partial charge in [-0.2, -0.15) is 0 Å². The van der Waals surface area contributed by atoms with Crippen LogP contribution in [-0.2, 0) is 38.1 Å². The van der Waals surface area contributed by atoms with Gasteiger partial charge >= 0.3 is 42.7 Å². The topological polar surface area (TPSA) is 135 Å². The molecule has 0 saturated carbocycles. The van der Waals surface area contributed by atoms with E-state index in [2.05, 4.69) is 20.8 Å². The molecule has 0 aliphatic rings. The van der Waals surface area contributed by atoms with Crippen LogP contribution in [0.3, 0.4) is 0 Å². The second-order valence-electron chi connectivity index (χ2n) is 10.1. The van der Waals surface area contributed by atoms with Crippen molar-refractivity contribution in [3.63, 3.8) is 0 Å². The Morgan fingerprint density at radius 1 is 0.603 bits per heavy atom. The number of alkyl halides is 14. The summed E-state index contributed by atoms with van der Waals surface area (Å²) in [5, 5.41) is -1.34. The summed E-state index contributed by atoms with van der Waals surface area (Å²) in [7, 11) is 0. The summed E-state index contributed by atoms with van der Waals surface area (Å²) in [6, 6.07) is 0. The van der Waals surface area contributed by atoms with Crippen molar-refractivity contribution >= 4 is 209 Å². The Bertz CT molecular complexity index is 1090. The average Bonchev–Trinajstić information content (AvgIpc) is 3.00. The summed E-state index contributed by atoms with van der Waals surface area (Å²) in [6.07, 6.45) is 10.8. The summed E-state index contributed by atoms with van der Waals surface area (Å²) < 4.78 is 12.4. The van der Waals surface area contributed by atoms with E-state index in [0.717, 1.165) is 63.5 Å². The molecule has 9 nitrogen and oxygen atoms in total. The van der Waals surface area contributed by atoms with Gasteiger partial charge in [-0.05, 0) is 48.9 Å². The number of rotatable bonds is 17. The fourth-order valence-electron chi connectivity index (χ4n) is 2.35. The van der Waals surface area contributed by atoms with Gasteiger partial charge < -0.3 is 24.4 Å². The van der Waals surface area contributed by atoms with Gasteiger partial charge in [0, 0.05) is 37.5 Å². The minimum absolute atomic E-state index is 0. The predicted octanol–water partition coefficient (Wildman–Crippen LogP) is 12.9. The normalized spacial score (nSPS) is 11.9. The molecule has 58 heavy (non-hydrogen) atoms. The average molecular weight is 1150 g/mol. The van der Waals surface area contributed by atoms with Crippen LogP contribution in [-0.4, -0.2) is 62.6 Å². The van der Waals surface area contributed by atoms with Crippen LogP contribution >= 0.6 is 186 Å². The Morgan fingerprint density at radius 2 is 0.914 bits per heavy atom. The summed E-state index contributed by atoms with van der Waals surface area (Å²) in [4.78, 5) is 43.6. The van der Waals surface area contributed by atoms with Crippen LogP contribution in [0.2, 0.25) is 0 Å². The quantitative estimate of drug-likeness (QED) is 0.0265. The Kier molecular flexibility index (Phi) is 57.3. The van der Waals surface area contributed by atoms with Gasteiger partial charge in [0.2, 0.25) is 7.59 Å². The number of esters is 4. The zero-order valence-corrected chi connectivity index (χ0v) is 44.1. The fourth-order valence-corrected chi connectivity index (χ4v) is 4.77. The maximum atomic E-state index is 11.2. The second kappa shape index (κ2) is 44.5. The van der Waals surface area contributed by atoms with Crippen LogP contribution in [0.25, 0.3) is 0 Å². The van der Waals surface area contributed by atoms with E-state index >= 15 is 0 Å². The molecule has 0 bridgehead atoms. The molecule has 0 rings (SSSR count). The number of halogens is 16. The van der Waals surface area contributed by atoms with E-state index in [9.17, 15) is 19.2 Å². The maximum absolute atomic E-state index is 11.2. The van der Waals surface area contributed by atoms with Gasteiger partial charge in [0.05, 0.1) is 13.2 Å². The molecule has 0 aromatic heterocycles. The zero-order chi connectivity index (χ0) is 45.2. The Labute approximate surface area is 434 Å². The Balaban J connectivity index is -0.000000115. The third kappa shape index (κ3) is 78.8. The zero-order valence-electron chi connectivity index (χ0n) is 32.0. The summed E-state index contributed by atoms with van der Waals surface area (Å²) in [6.45, 7) is 12.1. The van der Waals surface area contributed by atoms with Crippen molar-refractivity contribution in [3.05, 3.63) is 35.2 Å². The number of ether oxygens (including phenoxy) is 4. The number of hydrogen-bond donors (Lipinski definition) is 0. The van der Waals surface area contributed by atoms with Crippen molar-refractivity contribution in [1.29, 1.82) is 0 Å². The third-order valence-electron chi connectivity index (χ3n) is 4.76. The second-order valence-corrected chi connectivity index (χ2v) is 22.1. The van der Waals surface area contributed by atoms with Crippen molar-refractivity contribution in [2.24, 2.45) is 0 Å². The molecule has 1 N–H and O–H groups in total. The van der Waals surface area contributed by atoms with Crippen molar-refractivity contribution in [2.75, 3.05) is 13.2 Å². The molecule has 0 aliphatic heterocycles. The molecule has 1 unspecified atom stereocenters. The van der Waals surface area contributed by atoms with Crippen LogP contribution in [0.15, 0.2) is 35.2 Å². The number of hydrogen-bond acceptors (Lipinski definition) is 9. The molecule has 0 amide bonds. The molecule has 0 aromatic carbocycles. The SMILES string of the molecule is C=CC(=O)OCCCC.CCCCC(=O)O/C(Cl)=C\C(Cl)(Cl)Cl.CCCCC(=O)O/C(Cl)=C\C(Cl)(Cl)Cl.CCCCOC(=O)C(Cl)CC(Cl)(Cl)Cl.ClC(Cl)(Cl)Cl.[Li+].[OH-]. The minimum atomic E-state index is -1.65. The largest absolute Gasteiger partial charge is 1.00 e. The van der Waals surface area contributed by atoms with Gasteiger partial charge in [-0.15, -0.1) is 11.6 Å². The molecular formula is C32H45Cl16LiO9. The minimum Gasteiger partial charge on any atom is -0.870 e. The number of carbonyl (C=O) groups is 4. The van der Waals surface area contributed by atoms with Crippen molar-refractivity contribution in [2.45, 2.75) is 118 Å². The number of carbonyl (C=O) groups excluding carboxylic acids is 4. The summed E-state index contributed by atoms with van der Waals surface area (Å²) in [5.41, 5.74) is 0. The molecular weight excluding hydrogens is 1100 g/mol. The molecule has 26 heteroatoms. The monoisotopic (exact) mass is 1140 g/mol. The molecule has 340 valence electrons. The molecule has 0 fully saturated rings. The van der Waals surface area contributed by atoms with E-state index in [1.807, 2.05) is 27.7 Å². The van der Waals surface area contributed by atoms with Gasteiger partial charge in [-0.25, -0.2) is 4.79 Å². The molecule has 0 radical (unpaired) electrons. The molecule has 0 aromatic rings. The number of unbranched alkanes of at least 4 members (excludes halogenated alkanes) is 4. The molecule has 1 atom stereocenters. The van der Waals surface area contributed by atoms with Gasteiger partial charge in [-0.3, -0.25) is 14.4 Å². The summed E-state index contributed by atoms with van der Waals surface area (Å²) >= 11 is 84.8. The first-order chi connectivity index (χ1) is 25.4. The summed E-state index contributed by atoms with van der Waals surface area (Å²) in [5.74, 6) is -1.72. The van der Waals surface area contributed by atoms with Crippen molar-refractivity contribution in [3.8, 4) is 0 Å². The smallest absolute Gasteiger partial charge is 0.870 e. The van der Waals surface area contributed by atoms with Crippen LogP contribution in [0.5, 0.6) is 0 Å². The van der Waals surface area contributed by atoms with Crippen LogP contribution in [0.4, 0.5) is 0 Å². The maximum Gasteiger partial charge on any atom is 1.00 e. The van der Waals surface area contributed by atoms with Gasteiger partial charge in [0.25, 0.3) is 3.25 Å². The van der Waals surface area contributed by atoms with E-state index in [4.69, 9.17) is 190 Å². The van der Waals surface area contributed by atoms with Gasteiger partial charge in [0.15, 0.2) is 14.2 Å². The van der Waals surface area contributed by atoms with E-state index in [1.165, 1.54) is 6.08 Å². The van der Waals surface area contributed by atoms with Gasteiger partial charge in [0.1, 0.15) is 5.38 Å². The standard InChI is InChI=1S/C8H12Cl4O2.2C8H10Cl4O2.C7H12O2.CCl4.Li.H2O/c1-2-3-4-14-7(13)6(9)5-8(10,11)12;2*1-2-3-4-7(13)14-6(9)5-8(10,11)12;1-3-5-6-9-7(8)4-2;2-1(3,4)5;;/h6H,2-5H2,1H3;2*5H,2-4H2,1H3;4H,2-3,5-6H2,1H3;;;1H2/q;;;;;+1;/p-1/b;2*6-5-;;;;. The molecule has 0 heterocycles. The van der Waals surface area contributed by atoms with E-state index in [1.54, 1.807) is 0 Å². The molecule has 0 spiro atoms. The first-order valence-corrected chi connectivity index (χ1v) is 22.2. The van der Waals surface area contributed by atoms with Crippen LogP contribution < -0.4 is 18.9 Å². The van der Waals surface area contributed by atoms with E-state index in [0.29, 0.717) is 26.1 Å². The van der Waals surface area contributed by atoms with E-state index < -0.39 is 37.9 Å². The predicted molar refractivity (Wildman–Crippen MR) is 244 cm³/mol. The Morgan fingerprint density at radius 3 is 1.17 bits per heavy atom. The number of allylic oxidation sites excluding steroid dienone is 2. The van der Waals surface area contributed by atoms with Crippen LogP contribution in [0.1, 0.15) is 98.3 Å². The molecule has 0 saturated heterocycles. The van der Waals surface area contributed by atoms with Crippen LogP contribution in [0, 0.1) is 0 Å². The van der Waals surface area contributed by atoms with Crippen molar-refractivity contribution < 1.29 is 62.5 Å². The van der Waals surface area contributed by atoms with Crippen molar-refractivity contribution in [1.82, 2.24) is 0 Å². The third-order valence-corrected chi connectivity index (χ3v) is 6.59.